The molecule has 2 fully saturated rings. The second-order valence-electron chi connectivity index (χ2n) is 5.14. The predicted octanol–water partition coefficient (Wildman–Crippen LogP) is -0.243. The summed E-state index contributed by atoms with van der Waals surface area (Å²) in [5.41, 5.74) is 0. The van der Waals surface area contributed by atoms with Crippen LogP contribution in [0.3, 0.4) is 0 Å². The number of carbonyl (C=O) groups excluding carboxylic acids is 1. The number of carbonyl (C=O) groups is 1. The van der Waals surface area contributed by atoms with Gasteiger partial charge in [0, 0.05) is 19.1 Å². The van der Waals surface area contributed by atoms with Crippen LogP contribution >= 0.6 is 0 Å². The molecule has 2 N–H and O–H groups in total. The molecule has 1 aromatic heterocycles. The SMILES string of the molecule is O=C(NC1CC1)c1noc(CN2CCCNCC2)n1. The molecule has 0 spiro atoms. The Kier molecular flexibility index (Phi) is 3.74. The van der Waals surface area contributed by atoms with E-state index in [0.717, 1.165) is 45.4 Å². The van der Waals surface area contributed by atoms with Gasteiger partial charge in [0.05, 0.1) is 6.54 Å². The number of aromatic nitrogens is 2. The van der Waals surface area contributed by atoms with Gasteiger partial charge in [0.25, 0.3) is 11.7 Å². The fourth-order valence-electron chi connectivity index (χ4n) is 2.14. The molecule has 104 valence electrons. The molecular formula is C12H19N5O2. The Labute approximate surface area is 111 Å². The first-order valence-electron chi connectivity index (χ1n) is 6.88. The van der Waals surface area contributed by atoms with Gasteiger partial charge < -0.3 is 15.2 Å². The summed E-state index contributed by atoms with van der Waals surface area (Å²) in [6.07, 6.45) is 3.22. The van der Waals surface area contributed by atoms with Crippen LogP contribution in [-0.4, -0.2) is 53.2 Å². The summed E-state index contributed by atoms with van der Waals surface area (Å²) in [6.45, 7) is 4.62. The minimum atomic E-state index is -0.227. The van der Waals surface area contributed by atoms with E-state index in [1.807, 2.05) is 0 Å². The van der Waals surface area contributed by atoms with Crippen molar-refractivity contribution in [1.82, 2.24) is 25.7 Å². The van der Waals surface area contributed by atoms with E-state index >= 15 is 0 Å². The van der Waals surface area contributed by atoms with Gasteiger partial charge in [-0.25, -0.2) is 0 Å². The molecule has 2 heterocycles. The van der Waals surface area contributed by atoms with Gasteiger partial charge in [0.2, 0.25) is 5.89 Å². The van der Waals surface area contributed by atoms with Crippen molar-refractivity contribution in [3.63, 3.8) is 0 Å². The van der Waals surface area contributed by atoms with Gasteiger partial charge in [0.1, 0.15) is 0 Å². The summed E-state index contributed by atoms with van der Waals surface area (Å²) in [5.74, 6) is 0.438. The molecule has 1 amide bonds. The van der Waals surface area contributed by atoms with Crippen molar-refractivity contribution in [1.29, 1.82) is 0 Å². The Bertz CT molecular complexity index is 435. The third-order valence-electron chi connectivity index (χ3n) is 3.38. The number of hydrogen-bond donors (Lipinski definition) is 2. The number of nitrogens with one attached hydrogen (secondary N) is 2. The smallest absolute Gasteiger partial charge is 0.292 e. The van der Waals surface area contributed by atoms with Crippen LogP contribution in [0, 0.1) is 0 Å². The Balaban J connectivity index is 1.55. The van der Waals surface area contributed by atoms with Crippen LogP contribution in [0.25, 0.3) is 0 Å². The van der Waals surface area contributed by atoms with Crippen molar-refractivity contribution in [2.45, 2.75) is 31.8 Å². The van der Waals surface area contributed by atoms with Gasteiger partial charge in [-0.1, -0.05) is 5.16 Å². The molecule has 1 aliphatic carbocycles. The van der Waals surface area contributed by atoms with Crippen molar-refractivity contribution in [3.05, 3.63) is 11.7 Å². The van der Waals surface area contributed by atoms with Crippen LogP contribution in [0.2, 0.25) is 0 Å². The fraction of sp³-hybridized carbons (Fsp3) is 0.750. The summed E-state index contributed by atoms with van der Waals surface area (Å²) in [7, 11) is 0. The summed E-state index contributed by atoms with van der Waals surface area (Å²) in [6, 6.07) is 0.311. The summed E-state index contributed by atoms with van der Waals surface area (Å²) < 4.78 is 5.15. The summed E-state index contributed by atoms with van der Waals surface area (Å²) in [5, 5.41) is 9.94. The molecule has 19 heavy (non-hydrogen) atoms. The number of hydrogen-bond acceptors (Lipinski definition) is 6. The monoisotopic (exact) mass is 265 g/mol. The number of nitrogens with zero attached hydrogens (tertiary/aromatic N) is 3. The first kappa shape index (κ1) is 12.6. The lowest BCUT2D eigenvalue weighted by molar-refractivity contribution is 0.0937. The van der Waals surface area contributed by atoms with E-state index < -0.39 is 0 Å². The van der Waals surface area contributed by atoms with Crippen LogP contribution in [-0.2, 0) is 6.54 Å². The van der Waals surface area contributed by atoms with E-state index in [-0.39, 0.29) is 11.7 Å². The highest BCUT2D eigenvalue weighted by Crippen LogP contribution is 2.19. The molecular weight excluding hydrogens is 246 g/mol. The zero-order chi connectivity index (χ0) is 13.1. The quantitative estimate of drug-likeness (QED) is 0.781. The van der Waals surface area contributed by atoms with Gasteiger partial charge in [0.15, 0.2) is 0 Å². The van der Waals surface area contributed by atoms with Crippen molar-refractivity contribution < 1.29 is 9.32 Å². The fourth-order valence-corrected chi connectivity index (χ4v) is 2.14. The zero-order valence-corrected chi connectivity index (χ0v) is 10.9. The van der Waals surface area contributed by atoms with Crippen molar-refractivity contribution in [2.75, 3.05) is 26.2 Å². The maximum Gasteiger partial charge on any atom is 0.292 e. The molecule has 0 radical (unpaired) electrons. The molecule has 7 nitrogen and oxygen atoms in total. The molecule has 2 aliphatic rings. The third kappa shape index (κ3) is 3.51. The molecule has 0 bridgehead atoms. The molecule has 1 aromatic rings. The van der Waals surface area contributed by atoms with Crippen LogP contribution in [0.5, 0.6) is 0 Å². The second kappa shape index (κ2) is 5.66. The van der Waals surface area contributed by atoms with Crippen LogP contribution in [0.15, 0.2) is 4.52 Å². The minimum Gasteiger partial charge on any atom is -0.346 e. The van der Waals surface area contributed by atoms with Crippen molar-refractivity contribution >= 4 is 5.91 Å². The van der Waals surface area contributed by atoms with E-state index in [0.29, 0.717) is 18.5 Å². The van der Waals surface area contributed by atoms with Crippen molar-refractivity contribution in [3.8, 4) is 0 Å². The lowest BCUT2D eigenvalue weighted by Gasteiger charge is -2.16. The van der Waals surface area contributed by atoms with E-state index in [1.165, 1.54) is 0 Å². The molecule has 1 saturated heterocycles. The second-order valence-corrected chi connectivity index (χ2v) is 5.14. The van der Waals surface area contributed by atoms with Crippen LogP contribution < -0.4 is 10.6 Å². The van der Waals surface area contributed by atoms with E-state index in [4.69, 9.17) is 4.52 Å². The van der Waals surface area contributed by atoms with Gasteiger partial charge >= 0.3 is 0 Å². The van der Waals surface area contributed by atoms with E-state index in [1.54, 1.807) is 0 Å². The number of amides is 1. The molecule has 1 aliphatic heterocycles. The average Bonchev–Trinajstić information content (AvgIpc) is 3.14. The molecule has 0 aromatic carbocycles. The van der Waals surface area contributed by atoms with Crippen LogP contribution in [0.1, 0.15) is 35.8 Å². The van der Waals surface area contributed by atoms with Crippen molar-refractivity contribution in [2.24, 2.45) is 0 Å². The largest absolute Gasteiger partial charge is 0.346 e. The average molecular weight is 265 g/mol. The lowest BCUT2D eigenvalue weighted by atomic mass is 10.4. The van der Waals surface area contributed by atoms with E-state index in [2.05, 4.69) is 25.7 Å². The highest BCUT2D eigenvalue weighted by atomic mass is 16.5. The van der Waals surface area contributed by atoms with Crippen LogP contribution in [0.4, 0.5) is 0 Å². The normalized spacial score (nSPS) is 21.1. The minimum absolute atomic E-state index is 0.148. The zero-order valence-electron chi connectivity index (χ0n) is 10.9. The molecule has 0 atom stereocenters. The Hall–Kier alpha value is -1.47. The van der Waals surface area contributed by atoms with Gasteiger partial charge in [-0.3, -0.25) is 9.69 Å². The third-order valence-corrected chi connectivity index (χ3v) is 3.38. The predicted molar refractivity (Wildman–Crippen MR) is 67.5 cm³/mol. The Morgan fingerprint density at radius 1 is 1.42 bits per heavy atom. The first-order chi connectivity index (χ1) is 9.31. The Morgan fingerprint density at radius 3 is 3.16 bits per heavy atom. The first-order valence-corrected chi connectivity index (χ1v) is 6.88. The highest BCUT2D eigenvalue weighted by molar-refractivity contribution is 5.90. The molecule has 1 saturated carbocycles. The standard InChI is InChI=1S/C12H19N5O2/c18-12(14-9-2-3-9)11-15-10(19-16-11)8-17-6-1-4-13-5-7-17/h9,13H,1-8H2,(H,14,18). The van der Waals surface area contributed by atoms with Gasteiger partial charge in [-0.15, -0.1) is 0 Å². The lowest BCUT2D eigenvalue weighted by Crippen LogP contribution is -2.28. The maximum atomic E-state index is 11.7. The van der Waals surface area contributed by atoms with Gasteiger partial charge in [-0.2, -0.15) is 4.98 Å². The maximum absolute atomic E-state index is 11.7. The topological polar surface area (TPSA) is 83.3 Å². The Morgan fingerprint density at radius 2 is 2.32 bits per heavy atom. The number of rotatable bonds is 4. The van der Waals surface area contributed by atoms with E-state index in [9.17, 15) is 4.79 Å². The van der Waals surface area contributed by atoms with Gasteiger partial charge in [-0.05, 0) is 32.4 Å². The highest BCUT2D eigenvalue weighted by Gasteiger charge is 2.26. The molecule has 0 unspecified atom stereocenters. The molecule has 7 heteroatoms. The summed E-state index contributed by atoms with van der Waals surface area (Å²) >= 11 is 0. The molecule has 3 rings (SSSR count). The summed E-state index contributed by atoms with van der Waals surface area (Å²) in [4.78, 5) is 18.2.